The van der Waals surface area contributed by atoms with Crippen LogP contribution in [0.15, 0.2) is 23.9 Å². The molecular weight excluding hydrogens is 136 g/mol. The Morgan fingerprint density at radius 1 is 1.36 bits per heavy atom. The SMILES string of the molecule is CN/C(C)=C/C=C/C(C)=[NH+]C. The standard InChI is InChI=1S/C9H16N2/c1-8(10-3)6-5-7-9(2)11-4/h5-7,10H,1-4H3/p+1/b7-5+,8-6+,11-9?. The summed E-state index contributed by atoms with van der Waals surface area (Å²) in [6.45, 7) is 4.05. The minimum atomic E-state index is 1.16. The van der Waals surface area contributed by atoms with Crippen molar-refractivity contribution in [2.75, 3.05) is 14.1 Å². The van der Waals surface area contributed by atoms with Crippen molar-refractivity contribution in [2.24, 2.45) is 0 Å². The highest BCUT2D eigenvalue weighted by Crippen LogP contribution is 1.84. The van der Waals surface area contributed by atoms with Crippen LogP contribution in [0.3, 0.4) is 0 Å². The molecule has 0 heterocycles. The van der Waals surface area contributed by atoms with Gasteiger partial charge in [-0.05, 0) is 13.0 Å². The number of hydrogen-bond donors (Lipinski definition) is 2. The normalized spacial score (nSPS) is 14.2. The van der Waals surface area contributed by atoms with Gasteiger partial charge in [0.15, 0.2) is 5.71 Å². The molecule has 0 saturated heterocycles. The molecule has 2 heteroatoms. The molecule has 0 bridgehead atoms. The number of hydrogen-bond acceptors (Lipinski definition) is 1. The molecule has 2 N–H and O–H groups in total. The van der Waals surface area contributed by atoms with Crippen molar-refractivity contribution in [1.29, 1.82) is 0 Å². The van der Waals surface area contributed by atoms with Crippen LogP contribution in [0.1, 0.15) is 13.8 Å². The lowest BCUT2D eigenvalue weighted by molar-refractivity contribution is -0.419. The monoisotopic (exact) mass is 153 g/mol. The summed E-state index contributed by atoms with van der Waals surface area (Å²) in [5, 5.41) is 3.04. The first-order valence-electron chi connectivity index (χ1n) is 3.74. The summed E-state index contributed by atoms with van der Waals surface area (Å²) in [6.07, 6.45) is 6.07. The molecule has 0 aromatic carbocycles. The molecule has 0 radical (unpaired) electrons. The zero-order valence-corrected chi connectivity index (χ0v) is 7.73. The Labute approximate surface area is 68.7 Å². The fourth-order valence-corrected chi connectivity index (χ4v) is 0.503. The van der Waals surface area contributed by atoms with Crippen molar-refractivity contribution < 1.29 is 4.99 Å². The van der Waals surface area contributed by atoms with Gasteiger partial charge in [-0.1, -0.05) is 6.08 Å². The van der Waals surface area contributed by atoms with Crippen molar-refractivity contribution in [3.63, 3.8) is 0 Å². The van der Waals surface area contributed by atoms with Crippen LogP contribution in [-0.2, 0) is 0 Å². The predicted molar refractivity (Wildman–Crippen MR) is 49.5 cm³/mol. The van der Waals surface area contributed by atoms with E-state index in [-0.39, 0.29) is 0 Å². The zero-order chi connectivity index (χ0) is 8.69. The Morgan fingerprint density at radius 2 is 2.00 bits per heavy atom. The Bertz CT molecular complexity index is 188. The first-order valence-corrected chi connectivity index (χ1v) is 3.74. The van der Waals surface area contributed by atoms with Gasteiger partial charge in [0.1, 0.15) is 7.05 Å². The largest absolute Gasteiger partial charge is 0.392 e. The van der Waals surface area contributed by atoms with E-state index >= 15 is 0 Å². The zero-order valence-electron chi connectivity index (χ0n) is 7.73. The molecule has 11 heavy (non-hydrogen) atoms. The lowest BCUT2D eigenvalue weighted by atomic mass is 10.3. The van der Waals surface area contributed by atoms with Crippen LogP contribution in [0.5, 0.6) is 0 Å². The van der Waals surface area contributed by atoms with Gasteiger partial charge in [-0.15, -0.1) is 0 Å². The second-order valence-electron chi connectivity index (χ2n) is 2.39. The fraction of sp³-hybridized carbons (Fsp3) is 0.444. The minimum Gasteiger partial charge on any atom is -0.392 e. The molecule has 2 nitrogen and oxygen atoms in total. The number of nitrogens with one attached hydrogen (secondary N) is 2. The molecule has 62 valence electrons. The van der Waals surface area contributed by atoms with Crippen molar-refractivity contribution in [3.8, 4) is 0 Å². The van der Waals surface area contributed by atoms with Gasteiger partial charge in [-0.25, -0.2) is 4.99 Å². The van der Waals surface area contributed by atoms with E-state index in [4.69, 9.17) is 0 Å². The van der Waals surface area contributed by atoms with E-state index in [1.54, 1.807) is 0 Å². The average molecular weight is 153 g/mol. The Balaban J connectivity index is 3.96. The molecule has 0 aliphatic rings. The summed E-state index contributed by atoms with van der Waals surface area (Å²) in [4.78, 5) is 3.04. The van der Waals surface area contributed by atoms with Crippen LogP contribution in [-0.4, -0.2) is 19.8 Å². The quantitative estimate of drug-likeness (QED) is 0.427. The maximum absolute atomic E-state index is 3.04. The molecule has 0 spiro atoms. The molecule has 0 rings (SSSR count). The van der Waals surface area contributed by atoms with E-state index in [9.17, 15) is 0 Å². The van der Waals surface area contributed by atoms with Gasteiger partial charge in [-0.3, -0.25) is 0 Å². The fourth-order valence-electron chi connectivity index (χ4n) is 0.503. The van der Waals surface area contributed by atoms with Crippen molar-refractivity contribution in [2.45, 2.75) is 13.8 Å². The van der Waals surface area contributed by atoms with Gasteiger partial charge in [0.25, 0.3) is 0 Å². The van der Waals surface area contributed by atoms with E-state index in [1.807, 2.05) is 46.2 Å². The van der Waals surface area contributed by atoms with Gasteiger partial charge < -0.3 is 5.32 Å². The maximum Gasteiger partial charge on any atom is 0.171 e. The molecule has 0 aliphatic carbocycles. The summed E-state index contributed by atoms with van der Waals surface area (Å²) < 4.78 is 0. The van der Waals surface area contributed by atoms with E-state index in [1.165, 1.54) is 0 Å². The first-order chi connectivity index (χ1) is 5.20. The third-order valence-corrected chi connectivity index (χ3v) is 1.48. The van der Waals surface area contributed by atoms with Crippen LogP contribution in [0.2, 0.25) is 0 Å². The van der Waals surface area contributed by atoms with Gasteiger partial charge in [0, 0.05) is 25.7 Å². The molecule has 0 unspecified atom stereocenters. The first kappa shape index (κ1) is 9.95. The summed E-state index contributed by atoms with van der Waals surface area (Å²) in [5.74, 6) is 0. The van der Waals surface area contributed by atoms with E-state index in [2.05, 4.69) is 10.3 Å². The van der Waals surface area contributed by atoms with E-state index in [0.29, 0.717) is 0 Å². The topological polar surface area (TPSA) is 26.0 Å². The molecule has 0 fully saturated rings. The molecule has 0 aromatic heterocycles. The number of rotatable bonds is 3. The van der Waals surface area contributed by atoms with Gasteiger partial charge >= 0.3 is 0 Å². The highest BCUT2D eigenvalue weighted by Gasteiger charge is 1.83. The molecule has 0 aliphatic heterocycles. The molecule has 0 atom stereocenters. The Hall–Kier alpha value is -1.05. The summed E-state index contributed by atoms with van der Waals surface area (Å²) >= 11 is 0. The lowest BCUT2D eigenvalue weighted by Gasteiger charge is -1.93. The highest BCUT2D eigenvalue weighted by atomic mass is 14.8. The van der Waals surface area contributed by atoms with Crippen molar-refractivity contribution in [3.05, 3.63) is 23.9 Å². The summed E-state index contributed by atoms with van der Waals surface area (Å²) in [7, 11) is 3.82. The average Bonchev–Trinajstić information content (AvgIpc) is 2.04. The molecule has 0 saturated carbocycles. The number of allylic oxidation sites excluding steroid dienone is 4. The van der Waals surface area contributed by atoms with E-state index in [0.717, 1.165) is 11.4 Å². The molecule has 0 aromatic rings. The van der Waals surface area contributed by atoms with Crippen LogP contribution >= 0.6 is 0 Å². The molecular formula is C9H17N2+. The van der Waals surface area contributed by atoms with Gasteiger partial charge in [-0.2, -0.15) is 0 Å². The maximum atomic E-state index is 3.04. The Morgan fingerprint density at radius 3 is 2.45 bits per heavy atom. The second kappa shape index (κ2) is 5.71. The van der Waals surface area contributed by atoms with Gasteiger partial charge in [0.05, 0.1) is 0 Å². The smallest absolute Gasteiger partial charge is 0.171 e. The van der Waals surface area contributed by atoms with E-state index < -0.39 is 0 Å². The van der Waals surface area contributed by atoms with Crippen LogP contribution in [0.25, 0.3) is 0 Å². The minimum absolute atomic E-state index is 1.16. The van der Waals surface area contributed by atoms with Crippen molar-refractivity contribution >= 4 is 5.71 Å². The third-order valence-electron chi connectivity index (χ3n) is 1.48. The van der Waals surface area contributed by atoms with Crippen LogP contribution in [0, 0.1) is 0 Å². The Kier molecular flexibility index (Phi) is 5.17. The van der Waals surface area contributed by atoms with Crippen LogP contribution < -0.4 is 10.3 Å². The second-order valence-corrected chi connectivity index (χ2v) is 2.39. The summed E-state index contributed by atoms with van der Waals surface area (Å²) in [5.41, 5.74) is 2.32. The molecule has 0 amide bonds. The van der Waals surface area contributed by atoms with Gasteiger partial charge in [0.2, 0.25) is 0 Å². The summed E-state index contributed by atoms with van der Waals surface area (Å²) in [6, 6.07) is 0. The highest BCUT2D eigenvalue weighted by molar-refractivity contribution is 5.87. The van der Waals surface area contributed by atoms with Crippen LogP contribution in [0.4, 0.5) is 0 Å². The lowest BCUT2D eigenvalue weighted by Crippen LogP contribution is -2.66. The third kappa shape index (κ3) is 5.40. The van der Waals surface area contributed by atoms with Crippen molar-refractivity contribution in [1.82, 2.24) is 5.32 Å². The predicted octanol–water partition coefficient (Wildman–Crippen LogP) is -0.163.